The van der Waals surface area contributed by atoms with E-state index < -0.39 is 23.0 Å². The summed E-state index contributed by atoms with van der Waals surface area (Å²) in [5, 5.41) is 10.9. The summed E-state index contributed by atoms with van der Waals surface area (Å²) in [4.78, 5) is 32.2. The lowest BCUT2D eigenvalue weighted by molar-refractivity contribution is -0.230. The standard InChI is InChI=1S/C17H16FN5O2S/c18-16-8-17(9-16,10-16)23-5-4-22(14(24)15(23)25)7-11-1-2-12(21-20-11)13-19-3-6-26-13/h1-3,6H,4-5,7-10H2. The van der Waals surface area contributed by atoms with Crippen LogP contribution in [-0.2, 0) is 16.1 Å². The molecule has 0 aromatic carbocycles. The Hall–Kier alpha value is -2.42. The molecule has 3 saturated carbocycles. The van der Waals surface area contributed by atoms with E-state index in [0.29, 0.717) is 43.7 Å². The first-order chi connectivity index (χ1) is 12.5. The number of piperazine rings is 1. The molecule has 0 radical (unpaired) electrons. The average Bonchev–Trinajstić information content (AvgIpc) is 3.11. The maximum absolute atomic E-state index is 13.7. The van der Waals surface area contributed by atoms with Crippen molar-refractivity contribution in [3.63, 3.8) is 0 Å². The van der Waals surface area contributed by atoms with Gasteiger partial charge in [0, 0.05) is 43.9 Å². The number of carbonyl (C=O) groups is 2. The first-order valence-corrected chi connectivity index (χ1v) is 9.38. The van der Waals surface area contributed by atoms with Crippen molar-refractivity contribution in [1.82, 2.24) is 25.0 Å². The van der Waals surface area contributed by atoms with Crippen LogP contribution in [0.3, 0.4) is 0 Å². The van der Waals surface area contributed by atoms with E-state index in [0.717, 1.165) is 5.01 Å². The quantitative estimate of drug-likeness (QED) is 0.758. The second kappa shape index (κ2) is 5.29. The van der Waals surface area contributed by atoms with Crippen molar-refractivity contribution >= 4 is 23.2 Å². The number of alkyl halides is 1. The number of nitrogens with zero attached hydrogens (tertiary/aromatic N) is 5. The summed E-state index contributed by atoms with van der Waals surface area (Å²) < 4.78 is 13.7. The van der Waals surface area contributed by atoms with E-state index in [4.69, 9.17) is 0 Å². The molecule has 6 rings (SSSR count). The molecule has 7 nitrogen and oxygen atoms in total. The van der Waals surface area contributed by atoms with Gasteiger partial charge >= 0.3 is 11.8 Å². The Balaban J connectivity index is 1.26. The van der Waals surface area contributed by atoms with Crippen molar-refractivity contribution in [1.29, 1.82) is 0 Å². The van der Waals surface area contributed by atoms with Gasteiger partial charge in [0.2, 0.25) is 0 Å². The predicted molar refractivity (Wildman–Crippen MR) is 90.7 cm³/mol. The van der Waals surface area contributed by atoms with Gasteiger partial charge in [0.05, 0.1) is 17.8 Å². The van der Waals surface area contributed by atoms with Gasteiger partial charge in [0.15, 0.2) is 0 Å². The Morgan fingerprint density at radius 2 is 1.92 bits per heavy atom. The minimum atomic E-state index is -1.09. The Labute approximate surface area is 152 Å². The lowest BCUT2D eigenvalue weighted by atomic mass is 9.46. The molecule has 3 heterocycles. The zero-order valence-electron chi connectivity index (χ0n) is 13.9. The van der Waals surface area contributed by atoms with Crippen LogP contribution < -0.4 is 0 Å². The Kier molecular flexibility index (Phi) is 3.22. The fourth-order valence-corrected chi connectivity index (χ4v) is 4.88. The summed E-state index contributed by atoms with van der Waals surface area (Å²) in [6.45, 7) is 1.12. The van der Waals surface area contributed by atoms with Crippen molar-refractivity contribution in [2.75, 3.05) is 13.1 Å². The molecular formula is C17H16FN5O2S. The minimum absolute atomic E-state index is 0.240. The van der Waals surface area contributed by atoms with Gasteiger partial charge < -0.3 is 9.80 Å². The van der Waals surface area contributed by atoms with Crippen LogP contribution in [0.4, 0.5) is 4.39 Å². The van der Waals surface area contributed by atoms with E-state index in [1.54, 1.807) is 17.2 Å². The van der Waals surface area contributed by atoms with Crippen molar-refractivity contribution < 1.29 is 14.0 Å². The summed E-state index contributed by atoms with van der Waals surface area (Å²) >= 11 is 1.48. The molecular weight excluding hydrogens is 357 g/mol. The molecule has 4 aliphatic rings. The third-order valence-electron chi connectivity index (χ3n) is 5.54. The van der Waals surface area contributed by atoms with Gasteiger partial charge in [-0.1, -0.05) is 0 Å². The number of hydrogen-bond donors (Lipinski definition) is 0. The third kappa shape index (κ3) is 2.26. The summed E-state index contributed by atoms with van der Waals surface area (Å²) in [6.07, 6.45) is 2.84. The normalized spacial score (nSPS) is 30.2. The predicted octanol–water partition coefficient (Wildman–Crippen LogP) is 1.42. The van der Waals surface area contributed by atoms with Gasteiger partial charge in [-0.3, -0.25) is 9.59 Å². The molecule has 1 aliphatic heterocycles. The van der Waals surface area contributed by atoms with Crippen molar-refractivity contribution in [3.8, 4) is 10.7 Å². The highest BCUT2D eigenvalue weighted by Gasteiger charge is 2.73. The molecule has 0 N–H and O–H groups in total. The van der Waals surface area contributed by atoms with Crippen LogP contribution in [0, 0.1) is 0 Å². The number of halogens is 1. The van der Waals surface area contributed by atoms with E-state index in [9.17, 15) is 14.0 Å². The van der Waals surface area contributed by atoms with Crippen LogP contribution in [0.15, 0.2) is 23.7 Å². The van der Waals surface area contributed by atoms with E-state index in [1.165, 1.54) is 16.2 Å². The molecule has 0 spiro atoms. The summed E-state index contributed by atoms with van der Waals surface area (Å²) in [5.41, 5.74) is -0.189. The Morgan fingerprint density at radius 1 is 1.12 bits per heavy atom. The number of carbonyl (C=O) groups excluding carboxylic acids is 2. The van der Waals surface area contributed by atoms with Gasteiger partial charge in [-0.05, 0) is 12.1 Å². The van der Waals surface area contributed by atoms with E-state index in [-0.39, 0.29) is 6.54 Å². The largest absolute Gasteiger partial charge is 0.327 e. The molecule has 0 unspecified atom stereocenters. The highest BCUT2D eigenvalue weighted by molar-refractivity contribution is 7.13. The number of amides is 2. The lowest BCUT2D eigenvalue weighted by Gasteiger charge is -2.69. The van der Waals surface area contributed by atoms with E-state index >= 15 is 0 Å². The number of aromatic nitrogens is 3. The second-order valence-electron chi connectivity index (χ2n) is 7.34. The smallest absolute Gasteiger partial charge is 0.312 e. The first kappa shape index (κ1) is 15.8. The third-order valence-corrected chi connectivity index (χ3v) is 6.34. The van der Waals surface area contributed by atoms with Crippen LogP contribution in [0.5, 0.6) is 0 Å². The molecule has 2 aromatic rings. The van der Waals surface area contributed by atoms with Gasteiger partial charge in [0.1, 0.15) is 16.4 Å². The van der Waals surface area contributed by atoms with Gasteiger partial charge in [-0.15, -0.1) is 16.4 Å². The summed E-state index contributed by atoms with van der Waals surface area (Å²) in [6, 6.07) is 3.61. The number of rotatable bonds is 4. The Morgan fingerprint density at radius 3 is 2.54 bits per heavy atom. The molecule has 2 amide bonds. The minimum Gasteiger partial charge on any atom is -0.327 e. The first-order valence-electron chi connectivity index (χ1n) is 8.50. The maximum atomic E-state index is 13.7. The SMILES string of the molecule is O=C1C(=O)N(C23CC(F)(C2)C3)CCN1Cc1ccc(-c2nccs2)nn1. The molecule has 3 aliphatic carbocycles. The molecule has 134 valence electrons. The average molecular weight is 373 g/mol. The van der Waals surface area contributed by atoms with Crippen LogP contribution >= 0.6 is 11.3 Å². The zero-order valence-corrected chi connectivity index (χ0v) is 14.7. The van der Waals surface area contributed by atoms with Gasteiger partial charge in [0.25, 0.3) is 0 Å². The monoisotopic (exact) mass is 373 g/mol. The van der Waals surface area contributed by atoms with Crippen molar-refractivity contribution in [2.45, 2.75) is 37.0 Å². The summed E-state index contributed by atoms with van der Waals surface area (Å²) in [7, 11) is 0. The van der Waals surface area contributed by atoms with Crippen LogP contribution in [0.2, 0.25) is 0 Å². The number of thiazole rings is 1. The lowest BCUT2D eigenvalue weighted by Crippen LogP contribution is -2.79. The molecule has 2 bridgehead atoms. The highest BCUT2D eigenvalue weighted by Crippen LogP contribution is 2.66. The van der Waals surface area contributed by atoms with Crippen molar-refractivity contribution in [2.24, 2.45) is 0 Å². The summed E-state index contributed by atoms with van der Waals surface area (Å²) in [5.74, 6) is -1.06. The topological polar surface area (TPSA) is 79.3 Å². The van der Waals surface area contributed by atoms with Gasteiger partial charge in [-0.25, -0.2) is 9.37 Å². The second-order valence-corrected chi connectivity index (χ2v) is 8.23. The molecule has 26 heavy (non-hydrogen) atoms. The zero-order chi connectivity index (χ0) is 17.9. The Bertz CT molecular complexity index is 865. The fourth-order valence-electron chi connectivity index (χ4n) is 4.28. The fraction of sp³-hybridized carbons (Fsp3) is 0.471. The molecule has 1 saturated heterocycles. The van der Waals surface area contributed by atoms with Crippen LogP contribution in [0.25, 0.3) is 10.7 Å². The van der Waals surface area contributed by atoms with E-state index in [1.807, 2.05) is 11.4 Å². The molecule has 2 aromatic heterocycles. The molecule has 4 fully saturated rings. The van der Waals surface area contributed by atoms with Gasteiger partial charge in [-0.2, -0.15) is 5.10 Å². The molecule has 9 heteroatoms. The maximum Gasteiger partial charge on any atom is 0.312 e. The number of hydrogen-bond acceptors (Lipinski definition) is 6. The van der Waals surface area contributed by atoms with Crippen LogP contribution in [-0.4, -0.2) is 61.1 Å². The highest BCUT2D eigenvalue weighted by atomic mass is 32.1. The van der Waals surface area contributed by atoms with Crippen molar-refractivity contribution in [3.05, 3.63) is 29.4 Å². The van der Waals surface area contributed by atoms with Crippen LogP contribution in [0.1, 0.15) is 25.0 Å². The van der Waals surface area contributed by atoms with E-state index in [2.05, 4.69) is 15.2 Å². The molecule has 0 atom stereocenters.